The van der Waals surface area contributed by atoms with Gasteiger partial charge in [-0.15, -0.1) is 0 Å². The van der Waals surface area contributed by atoms with Gasteiger partial charge in [0.05, 0.1) is 11.8 Å². The molecule has 1 saturated carbocycles. The molecule has 7 heteroatoms. The Bertz CT molecular complexity index is 655. The molecule has 29 heavy (non-hydrogen) atoms. The molecule has 2 amide bonds. The van der Waals surface area contributed by atoms with Crippen molar-refractivity contribution < 1.29 is 9.59 Å². The van der Waals surface area contributed by atoms with E-state index in [4.69, 9.17) is 4.99 Å². The highest BCUT2D eigenvalue weighted by Gasteiger charge is 2.58. The van der Waals surface area contributed by atoms with Crippen LogP contribution in [0.4, 0.5) is 0 Å². The van der Waals surface area contributed by atoms with Gasteiger partial charge in [0.15, 0.2) is 5.96 Å². The third kappa shape index (κ3) is 4.20. The Hall–Kier alpha value is -1.89. The lowest BCUT2D eigenvalue weighted by atomic mass is 9.85. The Labute approximate surface area is 174 Å². The van der Waals surface area contributed by atoms with Crippen molar-refractivity contribution in [1.29, 1.82) is 0 Å². The number of guanidine groups is 1. The van der Waals surface area contributed by atoms with Gasteiger partial charge in [0.1, 0.15) is 0 Å². The zero-order valence-electron chi connectivity index (χ0n) is 17.8. The fourth-order valence-electron chi connectivity index (χ4n) is 5.52. The SMILES string of the molecule is CCNC(=NCC(C)CN1CCCC1)NCCN1C(=O)C2C3C=CC(C3)C2C1=O. The molecule has 2 heterocycles. The molecule has 0 aromatic rings. The van der Waals surface area contributed by atoms with Crippen LogP contribution in [-0.4, -0.2) is 73.4 Å². The Morgan fingerprint density at radius 3 is 2.41 bits per heavy atom. The molecule has 0 spiro atoms. The lowest BCUT2D eigenvalue weighted by molar-refractivity contribution is -0.140. The molecule has 0 aromatic carbocycles. The fraction of sp³-hybridized carbons (Fsp3) is 0.773. The number of hydrogen-bond donors (Lipinski definition) is 2. The maximum atomic E-state index is 12.8. The first kappa shape index (κ1) is 20.4. The fourth-order valence-corrected chi connectivity index (χ4v) is 5.52. The number of aliphatic imine (C=N–C) groups is 1. The molecule has 0 aromatic heterocycles. The highest BCUT2D eigenvalue weighted by Crippen LogP contribution is 2.52. The molecule has 2 saturated heterocycles. The van der Waals surface area contributed by atoms with Crippen molar-refractivity contribution in [3.63, 3.8) is 0 Å². The Balaban J connectivity index is 1.25. The minimum Gasteiger partial charge on any atom is -0.357 e. The molecule has 5 unspecified atom stereocenters. The van der Waals surface area contributed by atoms with Gasteiger partial charge in [0, 0.05) is 32.7 Å². The standard InChI is InChI=1S/C22H35N5O2/c1-3-23-22(25-13-15(2)14-26-9-4-5-10-26)24-8-11-27-20(28)18-16-6-7-17(12-16)19(18)21(27)29/h6-7,15-19H,3-5,8-14H2,1-2H3,(H2,23,24,25). The van der Waals surface area contributed by atoms with Crippen LogP contribution in [0.15, 0.2) is 17.1 Å². The van der Waals surface area contributed by atoms with Crippen LogP contribution >= 0.6 is 0 Å². The molecule has 2 bridgehead atoms. The maximum absolute atomic E-state index is 12.8. The molecule has 2 aliphatic heterocycles. The highest BCUT2D eigenvalue weighted by molar-refractivity contribution is 6.06. The van der Waals surface area contributed by atoms with Gasteiger partial charge in [-0.25, -0.2) is 0 Å². The van der Waals surface area contributed by atoms with E-state index in [1.807, 2.05) is 6.92 Å². The largest absolute Gasteiger partial charge is 0.357 e. The summed E-state index contributed by atoms with van der Waals surface area (Å²) in [6.45, 7) is 10.3. The van der Waals surface area contributed by atoms with Crippen molar-refractivity contribution in [2.75, 3.05) is 45.8 Å². The number of allylic oxidation sites excluding steroid dienone is 2. The van der Waals surface area contributed by atoms with Crippen molar-refractivity contribution in [2.24, 2.45) is 34.6 Å². The predicted molar refractivity (Wildman–Crippen MR) is 113 cm³/mol. The van der Waals surface area contributed by atoms with Crippen LogP contribution in [-0.2, 0) is 9.59 Å². The van der Waals surface area contributed by atoms with Gasteiger partial charge in [0.2, 0.25) is 11.8 Å². The summed E-state index contributed by atoms with van der Waals surface area (Å²) in [7, 11) is 0. The first-order valence-electron chi connectivity index (χ1n) is 11.4. The minimum atomic E-state index is -0.106. The van der Waals surface area contributed by atoms with E-state index in [1.54, 1.807) is 0 Å². The third-order valence-electron chi connectivity index (χ3n) is 6.86. The maximum Gasteiger partial charge on any atom is 0.233 e. The summed E-state index contributed by atoms with van der Waals surface area (Å²) in [5.74, 6) is 1.66. The quantitative estimate of drug-likeness (QED) is 0.275. The van der Waals surface area contributed by atoms with E-state index in [9.17, 15) is 9.59 Å². The third-order valence-corrected chi connectivity index (χ3v) is 6.86. The lowest BCUT2D eigenvalue weighted by Crippen LogP contribution is -2.44. The number of likely N-dealkylation sites (tertiary alicyclic amines) is 2. The van der Waals surface area contributed by atoms with Crippen LogP contribution in [0.5, 0.6) is 0 Å². The molecular weight excluding hydrogens is 366 g/mol. The van der Waals surface area contributed by atoms with Gasteiger partial charge >= 0.3 is 0 Å². The zero-order valence-corrected chi connectivity index (χ0v) is 17.8. The highest BCUT2D eigenvalue weighted by atomic mass is 16.2. The average Bonchev–Trinajstić information content (AvgIpc) is 3.48. The monoisotopic (exact) mass is 401 g/mol. The van der Waals surface area contributed by atoms with Crippen LogP contribution in [0, 0.1) is 29.6 Å². The molecule has 0 radical (unpaired) electrons. The van der Waals surface area contributed by atoms with E-state index in [0.29, 0.717) is 19.0 Å². The lowest BCUT2D eigenvalue weighted by Gasteiger charge is -2.20. The molecule has 7 nitrogen and oxygen atoms in total. The van der Waals surface area contributed by atoms with Gasteiger partial charge in [-0.3, -0.25) is 19.5 Å². The molecule has 5 atom stereocenters. The van der Waals surface area contributed by atoms with E-state index in [0.717, 1.165) is 32.0 Å². The summed E-state index contributed by atoms with van der Waals surface area (Å²) in [5, 5.41) is 6.58. The second kappa shape index (κ2) is 8.86. The van der Waals surface area contributed by atoms with Crippen molar-refractivity contribution in [3.8, 4) is 0 Å². The summed E-state index contributed by atoms with van der Waals surface area (Å²) in [4.78, 5) is 34.2. The van der Waals surface area contributed by atoms with Crippen molar-refractivity contribution >= 4 is 17.8 Å². The topological polar surface area (TPSA) is 77.0 Å². The molecular formula is C22H35N5O2. The van der Waals surface area contributed by atoms with Crippen molar-refractivity contribution in [1.82, 2.24) is 20.4 Å². The van der Waals surface area contributed by atoms with E-state index >= 15 is 0 Å². The Kier molecular flexibility index (Phi) is 6.23. The normalized spacial score (nSPS) is 32.3. The smallest absolute Gasteiger partial charge is 0.233 e. The second-order valence-electron chi connectivity index (χ2n) is 9.09. The van der Waals surface area contributed by atoms with E-state index in [-0.39, 0.29) is 35.5 Å². The van der Waals surface area contributed by atoms with Gasteiger partial charge in [-0.1, -0.05) is 19.1 Å². The first-order valence-corrected chi connectivity index (χ1v) is 11.4. The number of nitrogens with one attached hydrogen (secondary N) is 2. The summed E-state index contributed by atoms with van der Waals surface area (Å²) in [5.41, 5.74) is 0. The van der Waals surface area contributed by atoms with Gasteiger partial charge in [-0.2, -0.15) is 0 Å². The number of carbonyl (C=O) groups excluding carboxylic acids is 2. The van der Waals surface area contributed by atoms with E-state index < -0.39 is 0 Å². The van der Waals surface area contributed by atoms with Crippen LogP contribution in [0.1, 0.15) is 33.1 Å². The average molecular weight is 402 g/mol. The number of nitrogens with zero attached hydrogens (tertiary/aromatic N) is 3. The second-order valence-corrected chi connectivity index (χ2v) is 9.09. The van der Waals surface area contributed by atoms with Crippen molar-refractivity contribution in [3.05, 3.63) is 12.2 Å². The molecule has 160 valence electrons. The van der Waals surface area contributed by atoms with Crippen molar-refractivity contribution in [2.45, 2.75) is 33.1 Å². The van der Waals surface area contributed by atoms with Gasteiger partial charge in [0.25, 0.3) is 0 Å². The summed E-state index contributed by atoms with van der Waals surface area (Å²) >= 11 is 0. The summed E-state index contributed by atoms with van der Waals surface area (Å²) in [6.07, 6.45) is 7.88. The minimum absolute atomic E-state index is 0.0276. The van der Waals surface area contributed by atoms with Crippen LogP contribution in [0.25, 0.3) is 0 Å². The Morgan fingerprint density at radius 1 is 1.14 bits per heavy atom. The summed E-state index contributed by atoms with van der Waals surface area (Å²) < 4.78 is 0. The predicted octanol–water partition coefficient (Wildman–Crippen LogP) is 1.08. The number of amides is 2. The molecule has 2 aliphatic carbocycles. The van der Waals surface area contributed by atoms with Crippen LogP contribution < -0.4 is 10.6 Å². The number of hydrogen-bond acceptors (Lipinski definition) is 4. The number of carbonyl (C=O) groups is 2. The molecule has 4 rings (SSSR count). The molecule has 3 fully saturated rings. The zero-order chi connectivity index (χ0) is 20.4. The number of imide groups is 1. The molecule has 2 N–H and O–H groups in total. The van der Waals surface area contributed by atoms with E-state index in [1.165, 1.54) is 30.8 Å². The molecule has 4 aliphatic rings. The number of rotatable bonds is 8. The van der Waals surface area contributed by atoms with E-state index in [2.05, 4.69) is 34.6 Å². The summed E-state index contributed by atoms with van der Waals surface area (Å²) in [6, 6.07) is 0. The van der Waals surface area contributed by atoms with Gasteiger partial charge in [-0.05, 0) is 57.0 Å². The number of fused-ring (bicyclic) bond motifs is 5. The van der Waals surface area contributed by atoms with Crippen LogP contribution in [0.2, 0.25) is 0 Å². The first-order chi connectivity index (χ1) is 14.1. The van der Waals surface area contributed by atoms with Crippen LogP contribution in [0.3, 0.4) is 0 Å². The van der Waals surface area contributed by atoms with Gasteiger partial charge < -0.3 is 15.5 Å². The Morgan fingerprint density at radius 2 is 1.79 bits per heavy atom.